The van der Waals surface area contributed by atoms with Gasteiger partial charge < -0.3 is 25.3 Å². The van der Waals surface area contributed by atoms with Crippen molar-refractivity contribution in [3.05, 3.63) is 34.0 Å². The van der Waals surface area contributed by atoms with Crippen molar-refractivity contribution < 1.29 is 14.6 Å². The molecule has 0 radical (unpaired) electrons. The molecule has 0 spiro atoms. The molecule has 1 aliphatic heterocycles. The minimum absolute atomic E-state index is 0.0197. The molecule has 112 valence electrons. The number of rotatable bonds is 2. The maximum Gasteiger partial charge on any atom is 0.198 e. The number of nitrogens with two attached hydrogens (primary N) is 1. The maximum atomic E-state index is 12.0. The normalized spacial score (nSPS) is 23.0. The highest BCUT2D eigenvalue weighted by Gasteiger charge is 2.34. The van der Waals surface area contributed by atoms with Crippen LogP contribution in [-0.2, 0) is 0 Å². The van der Waals surface area contributed by atoms with E-state index in [1.54, 1.807) is 6.07 Å². The molecule has 2 heterocycles. The Kier molecular flexibility index (Phi) is 3.35. The first-order chi connectivity index (χ1) is 10.0. The number of phenols is 1. The largest absolute Gasteiger partial charge is 0.507 e. The number of fused-ring (bicyclic) bond motifs is 1. The third-order valence-corrected chi connectivity index (χ3v) is 4.32. The Bertz CT molecular complexity index is 740. The molecule has 2 atom stereocenters. The highest BCUT2D eigenvalue weighted by molar-refractivity contribution is 5.87. The summed E-state index contributed by atoms with van der Waals surface area (Å²) in [6.45, 7) is 0.876. The van der Waals surface area contributed by atoms with Gasteiger partial charge in [0.1, 0.15) is 16.7 Å². The van der Waals surface area contributed by atoms with E-state index in [1.807, 2.05) is 7.05 Å². The van der Waals surface area contributed by atoms with Crippen LogP contribution in [-0.4, -0.2) is 41.4 Å². The molecule has 6 nitrogen and oxygen atoms in total. The minimum atomic E-state index is -0.361. The quantitative estimate of drug-likeness (QED) is 0.758. The van der Waals surface area contributed by atoms with E-state index in [-0.39, 0.29) is 41.0 Å². The van der Waals surface area contributed by atoms with Gasteiger partial charge in [-0.25, -0.2) is 0 Å². The van der Waals surface area contributed by atoms with Crippen molar-refractivity contribution in [2.45, 2.75) is 18.4 Å². The molecule has 3 rings (SSSR count). The zero-order valence-electron chi connectivity index (χ0n) is 11.7. The number of hydrogen-bond acceptors (Lipinski definition) is 6. The van der Waals surface area contributed by atoms with Gasteiger partial charge in [0.05, 0.1) is 6.61 Å². The minimum Gasteiger partial charge on any atom is -0.507 e. The molecule has 21 heavy (non-hydrogen) atoms. The number of hydrogen-bond donors (Lipinski definition) is 3. The fourth-order valence-electron chi connectivity index (χ4n) is 3.21. The number of likely N-dealkylation sites (tertiary alicyclic amines) is 1. The number of aromatic hydroxyl groups is 1. The Balaban J connectivity index is 2.24. The number of anilines is 1. The third-order valence-electron chi connectivity index (χ3n) is 4.32. The standard InChI is InChI=1S/C15H18N2O4/c1-17-5-4-8(10(17)7-18)9-2-3-11(19)14-12(20)6-13(16)21-15(9)14/h2-3,6,8,10,18-19H,4-5,7,16H2,1H3/t8?,10-/m0/s1. The van der Waals surface area contributed by atoms with Crippen molar-refractivity contribution in [2.24, 2.45) is 0 Å². The predicted octanol–water partition coefficient (Wildman–Crippen LogP) is 0.861. The van der Waals surface area contributed by atoms with E-state index >= 15 is 0 Å². The molecule has 1 aromatic heterocycles. The first-order valence-corrected chi connectivity index (χ1v) is 6.89. The molecule has 6 heteroatoms. The van der Waals surface area contributed by atoms with Gasteiger partial charge in [-0.15, -0.1) is 0 Å². The van der Waals surface area contributed by atoms with Gasteiger partial charge >= 0.3 is 0 Å². The van der Waals surface area contributed by atoms with Crippen LogP contribution in [0, 0.1) is 0 Å². The number of nitrogen functional groups attached to an aromatic ring is 1. The van der Waals surface area contributed by atoms with E-state index in [0.717, 1.165) is 24.6 Å². The molecule has 1 unspecified atom stereocenters. The lowest BCUT2D eigenvalue weighted by Gasteiger charge is -2.23. The van der Waals surface area contributed by atoms with E-state index in [9.17, 15) is 15.0 Å². The average molecular weight is 290 g/mol. The van der Waals surface area contributed by atoms with Gasteiger partial charge in [-0.2, -0.15) is 0 Å². The smallest absolute Gasteiger partial charge is 0.198 e. The van der Waals surface area contributed by atoms with Crippen LogP contribution in [0.25, 0.3) is 11.0 Å². The summed E-state index contributed by atoms with van der Waals surface area (Å²) in [6.07, 6.45) is 0.847. The van der Waals surface area contributed by atoms with Gasteiger partial charge in [-0.3, -0.25) is 4.79 Å². The highest BCUT2D eigenvalue weighted by atomic mass is 16.3. The van der Waals surface area contributed by atoms with Gasteiger partial charge in [0.15, 0.2) is 11.3 Å². The van der Waals surface area contributed by atoms with Crippen LogP contribution in [0.3, 0.4) is 0 Å². The Morgan fingerprint density at radius 1 is 1.48 bits per heavy atom. The average Bonchev–Trinajstić information content (AvgIpc) is 2.79. The molecule has 0 saturated carbocycles. The van der Waals surface area contributed by atoms with Crippen LogP contribution in [0.15, 0.2) is 27.4 Å². The van der Waals surface area contributed by atoms with E-state index < -0.39 is 0 Å². The number of aliphatic hydroxyl groups is 1. The Labute approximate surface area is 121 Å². The molecular formula is C15H18N2O4. The summed E-state index contributed by atoms with van der Waals surface area (Å²) >= 11 is 0. The van der Waals surface area contributed by atoms with E-state index in [0.29, 0.717) is 5.58 Å². The molecule has 0 amide bonds. The van der Waals surface area contributed by atoms with Crippen molar-refractivity contribution in [3.8, 4) is 5.75 Å². The molecule has 1 saturated heterocycles. The van der Waals surface area contributed by atoms with Gasteiger partial charge in [0.2, 0.25) is 0 Å². The van der Waals surface area contributed by atoms with E-state index in [4.69, 9.17) is 10.2 Å². The Morgan fingerprint density at radius 3 is 2.95 bits per heavy atom. The van der Waals surface area contributed by atoms with Crippen LogP contribution in [0.1, 0.15) is 17.9 Å². The zero-order valence-corrected chi connectivity index (χ0v) is 11.7. The fraction of sp³-hybridized carbons (Fsp3) is 0.400. The molecule has 4 N–H and O–H groups in total. The van der Waals surface area contributed by atoms with Crippen molar-refractivity contribution in [2.75, 3.05) is 25.9 Å². The summed E-state index contributed by atoms with van der Waals surface area (Å²) in [5.41, 5.74) is 6.39. The van der Waals surface area contributed by atoms with Crippen LogP contribution in [0.4, 0.5) is 5.88 Å². The monoisotopic (exact) mass is 290 g/mol. The summed E-state index contributed by atoms with van der Waals surface area (Å²) in [6, 6.07) is 4.37. The van der Waals surface area contributed by atoms with E-state index in [1.165, 1.54) is 6.07 Å². The lowest BCUT2D eigenvalue weighted by Crippen LogP contribution is -2.31. The van der Waals surface area contributed by atoms with E-state index in [2.05, 4.69) is 4.90 Å². The highest BCUT2D eigenvalue weighted by Crippen LogP contribution is 2.38. The second kappa shape index (κ2) is 5.05. The predicted molar refractivity (Wildman–Crippen MR) is 79.4 cm³/mol. The van der Waals surface area contributed by atoms with Crippen LogP contribution >= 0.6 is 0 Å². The molecular weight excluding hydrogens is 272 g/mol. The molecule has 0 bridgehead atoms. The maximum absolute atomic E-state index is 12.0. The fourth-order valence-corrected chi connectivity index (χ4v) is 3.21. The molecule has 1 aliphatic rings. The number of nitrogens with zero attached hydrogens (tertiary/aromatic N) is 1. The van der Waals surface area contributed by atoms with Crippen LogP contribution < -0.4 is 11.2 Å². The summed E-state index contributed by atoms with van der Waals surface area (Å²) in [7, 11) is 1.95. The first-order valence-electron chi connectivity index (χ1n) is 6.89. The molecule has 0 aliphatic carbocycles. The second-order valence-corrected chi connectivity index (χ2v) is 5.52. The number of aliphatic hydroxyl groups excluding tert-OH is 1. The third kappa shape index (κ3) is 2.16. The zero-order chi connectivity index (χ0) is 15.1. The van der Waals surface area contributed by atoms with Gasteiger partial charge in [-0.05, 0) is 26.1 Å². The summed E-state index contributed by atoms with van der Waals surface area (Å²) in [4.78, 5) is 14.1. The SMILES string of the molecule is CN1CCC(c2ccc(O)c3c(=O)cc(N)oc23)[C@@H]1CO. The van der Waals surface area contributed by atoms with Crippen molar-refractivity contribution >= 4 is 16.9 Å². The number of benzene rings is 1. The van der Waals surface area contributed by atoms with Crippen molar-refractivity contribution in [1.29, 1.82) is 0 Å². The number of likely N-dealkylation sites (N-methyl/N-ethyl adjacent to an activating group) is 1. The molecule has 1 fully saturated rings. The Morgan fingerprint density at radius 2 is 2.24 bits per heavy atom. The number of phenolic OH excluding ortho intramolecular Hbond substituents is 1. The summed E-state index contributed by atoms with van der Waals surface area (Å²) in [5, 5.41) is 19.7. The Hall–Kier alpha value is -2.05. The summed E-state index contributed by atoms with van der Waals surface area (Å²) < 4.78 is 5.51. The van der Waals surface area contributed by atoms with Gasteiger partial charge in [0.25, 0.3) is 0 Å². The first kappa shape index (κ1) is 13.9. The van der Waals surface area contributed by atoms with Crippen molar-refractivity contribution in [1.82, 2.24) is 4.90 Å². The second-order valence-electron chi connectivity index (χ2n) is 5.52. The molecule has 2 aromatic rings. The summed E-state index contributed by atoms with van der Waals surface area (Å²) in [5.74, 6) is -0.0614. The van der Waals surface area contributed by atoms with Gasteiger partial charge in [0, 0.05) is 23.6 Å². The van der Waals surface area contributed by atoms with Crippen LogP contribution in [0.2, 0.25) is 0 Å². The molecule has 1 aromatic carbocycles. The van der Waals surface area contributed by atoms with Gasteiger partial charge in [-0.1, -0.05) is 6.07 Å². The lowest BCUT2D eigenvalue weighted by molar-refractivity contribution is 0.172. The van der Waals surface area contributed by atoms with Crippen molar-refractivity contribution in [3.63, 3.8) is 0 Å². The lowest BCUT2D eigenvalue weighted by atomic mass is 9.90. The topological polar surface area (TPSA) is 99.9 Å². The van der Waals surface area contributed by atoms with Crippen LogP contribution in [0.5, 0.6) is 5.75 Å².